The number of aromatic nitrogens is 1. The molecule has 2 aromatic heterocycles. The maximum atomic E-state index is 12.2. The third-order valence-electron chi connectivity index (χ3n) is 3.96. The van der Waals surface area contributed by atoms with Gasteiger partial charge in [0.05, 0.1) is 27.1 Å². The van der Waals surface area contributed by atoms with Crippen LogP contribution in [0.4, 0.5) is 0 Å². The molecular formula is C20H22ClN3O3S3. The second-order valence-corrected chi connectivity index (χ2v) is 11.4. The van der Waals surface area contributed by atoms with Gasteiger partial charge in [-0.15, -0.1) is 22.7 Å². The Morgan fingerprint density at radius 3 is 2.47 bits per heavy atom. The van der Waals surface area contributed by atoms with Crippen molar-refractivity contribution in [1.29, 1.82) is 0 Å². The summed E-state index contributed by atoms with van der Waals surface area (Å²) in [6.45, 7) is 3.94. The van der Waals surface area contributed by atoms with Gasteiger partial charge < -0.3 is 5.32 Å². The summed E-state index contributed by atoms with van der Waals surface area (Å²) in [6.07, 6.45) is 0.201. The lowest BCUT2D eigenvalue weighted by Crippen LogP contribution is -2.31. The van der Waals surface area contributed by atoms with Crippen LogP contribution in [0.5, 0.6) is 0 Å². The van der Waals surface area contributed by atoms with Crippen molar-refractivity contribution in [2.75, 3.05) is 0 Å². The average Bonchev–Trinajstić information content (AvgIpc) is 3.28. The van der Waals surface area contributed by atoms with Gasteiger partial charge in [-0.2, -0.15) is 0 Å². The third kappa shape index (κ3) is 6.88. The van der Waals surface area contributed by atoms with E-state index in [0.717, 1.165) is 21.1 Å². The first-order chi connectivity index (χ1) is 14.2. The number of carbonyl (C=O) groups is 1. The maximum absolute atomic E-state index is 12.2. The Morgan fingerprint density at radius 1 is 1.13 bits per heavy atom. The second-order valence-electron chi connectivity index (χ2n) is 7.05. The topological polar surface area (TPSA) is 88.2 Å². The molecule has 0 spiro atoms. The first-order valence-corrected chi connectivity index (χ1v) is 13.0. The molecule has 3 aromatic rings. The third-order valence-corrected chi connectivity index (χ3v) is 7.80. The van der Waals surface area contributed by atoms with Gasteiger partial charge in [-0.05, 0) is 37.1 Å². The number of thiazole rings is 1. The van der Waals surface area contributed by atoms with Gasteiger partial charge in [0.1, 0.15) is 5.01 Å². The molecule has 0 bridgehead atoms. The van der Waals surface area contributed by atoms with Crippen LogP contribution in [0, 0.1) is 0 Å². The fraction of sp³-hybridized carbons (Fsp3) is 0.300. The minimum atomic E-state index is -3.36. The van der Waals surface area contributed by atoms with E-state index >= 15 is 0 Å². The highest BCUT2D eigenvalue weighted by Crippen LogP contribution is 2.32. The fourth-order valence-corrected chi connectivity index (χ4v) is 6.10. The van der Waals surface area contributed by atoms with Gasteiger partial charge in [0.15, 0.2) is 0 Å². The normalized spacial score (nSPS) is 11.7. The van der Waals surface area contributed by atoms with Crippen LogP contribution < -0.4 is 10.0 Å². The van der Waals surface area contributed by atoms with Crippen molar-refractivity contribution in [3.05, 3.63) is 62.9 Å². The largest absolute Gasteiger partial charge is 0.352 e. The summed E-state index contributed by atoms with van der Waals surface area (Å²) in [6, 6.07) is 10.8. The van der Waals surface area contributed by atoms with E-state index < -0.39 is 10.0 Å². The predicted octanol–water partition coefficient (Wildman–Crippen LogP) is 4.21. The van der Waals surface area contributed by atoms with Crippen molar-refractivity contribution in [3.8, 4) is 9.88 Å². The van der Waals surface area contributed by atoms with Crippen LogP contribution in [0.25, 0.3) is 9.88 Å². The summed E-state index contributed by atoms with van der Waals surface area (Å²) in [5.74, 6) is -0.191. The van der Waals surface area contributed by atoms with Gasteiger partial charge in [0, 0.05) is 18.0 Å². The quantitative estimate of drug-likeness (QED) is 0.477. The Hall–Kier alpha value is -1.78. The van der Waals surface area contributed by atoms with E-state index in [1.165, 1.54) is 22.7 Å². The highest BCUT2D eigenvalue weighted by atomic mass is 35.5. The Labute approximate surface area is 189 Å². The van der Waals surface area contributed by atoms with Gasteiger partial charge in [-0.1, -0.05) is 35.9 Å². The van der Waals surface area contributed by atoms with Crippen molar-refractivity contribution < 1.29 is 13.2 Å². The van der Waals surface area contributed by atoms with Gasteiger partial charge >= 0.3 is 0 Å². The molecule has 2 heterocycles. The van der Waals surface area contributed by atoms with E-state index in [-0.39, 0.29) is 24.1 Å². The van der Waals surface area contributed by atoms with E-state index in [4.69, 9.17) is 11.6 Å². The molecular weight excluding hydrogens is 462 g/mol. The van der Waals surface area contributed by atoms with E-state index in [0.29, 0.717) is 16.4 Å². The molecule has 0 saturated heterocycles. The number of sulfonamides is 1. The summed E-state index contributed by atoms with van der Waals surface area (Å²) in [4.78, 5) is 17.7. The number of thiophene rings is 1. The number of hydrogen-bond acceptors (Lipinski definition) is 6. The van der Waals surface area contributed by atoms with E-state index in [9.17, 15) is 13.2 Å². The first-order valence-electron chi connectivity index (χ1n) is 9.25. The highest BCUT2D eigenvalue weighted by Gasteiger charge is 2.13. The number of hydrogen-bond donors (Lipinski definition) is 2. The Bertz CT molecular complexity index is 1110. The summed E-state index contributed by atoms with van der Waals surface area (Å²) in [5, 5.41) is 5.60. The van der Waals surface area contributed by atoms with Gasteiger partial charge in [-0.3, -0.25) is 4.79 Å². The number of benzene rings is 1. The van der Waals surface area contributed by atoms with Crippen molar-refractivity contribution in [2.45, 2.75) is 38.6 Å². The minimum Gasteiger partial charge on any atom is -0.352 e. The molecule has 0 aliphatic rings. The molecule has 2 N–H and O–H groups in total. The molecule has 3 rings (SSSR count). The highest BCUT2D eigenvalue weighted by molar-refractivity contribution is 7.88. The zero-order valence-corrected chi connectivity index (χ0v) is 19.7. The van der Waals surface area contributed by atoms with Crippen molar-refractivity contribution in [2.24, 2.45) is 0 Å². The van der Waals surface area contributed by atoms with Crippen molar-refractivity contribution >= 4 is 50.2 Å². The number of amides is 1. The molecule has 0 aliphatic heterocycles. The number of rotatable bonds is 9. The molecule has 30 heavy (non-hydrogen) atoms. The smallest absolute Gasteiger partial charge is 0.226 e. The Balaban J connectivity index is 1.50. The van der Waals surface area contributed by atoms with Crippen LogP contribution in [-0.2, 0) is 33.5 Å². The zero-order valence-electron chi connectivity index (χ0n) is 16.5. The first kappa shape index (κ1) is 22.9. The van der Waals surface area contributed by atoms with Crippen LogP contribution in [0.1, 0.15) is 30.7 Å². The fourth-order valence-electron chi connectivity index (χ4n) is 2.73. The zero-order chi connectivity index (χ0) is 21.7. The molecule has 10 heteroatoms. The van der Waals surface area contributed by atoms with Crippen LogP contribution in [-0.4, -0.2) is 25.4 Å². The molecule has 1 aromatic carbocycles. The van der Waals surface area contributed by atoms with E-state index in [2.05, 4.69) is 15.0 Å². The average molecular weight is 484 g/mol. The van der Waals surface area contributed by atoms with Crippen molar-refractivity contribution in [3.63, 3.8) is 0 Å². The molecule has 0 radical (unpaired) electrons. The van der Waals surface area contributed by atoms with Crippen LogP contribution in [0.2, 0.25) is 4.34 Å². The van der Waals surface area contributed by atoms with Crippen LogP contribution >= 0.6 is 34.3 Å². The lowest BCUT2D eigenvalue weighted by Gasteiger charge is -2.10. The predicted molar refractivity (Wildman–Crippen MR) is 123 cm³/mol. The van der Waals surface area contributed by atoms with Crippen molar-refractivity contribution in [1.82, 2.24) is 15.0 Å². The molecule has 0 fully saturated rings. The van der Waals surface area contributed by atoms with Crippen LogP contribution in [0.15, 0.2) is 41.8 Å². The lowest BCUT2D eigenvalue weighted by molar-refractivity contribution is -0.120. The summed E-state index contributed by atoms with van der Waals surface area (Å²) in [5.41, 5.74) is 2.31. The molecule has 0 saturated carbocycles. The minimum absolute atomic E-state index is 0.0700. The second kappa shape index (κ2) is 10.0. The standard InChI is InChI=1S/C20H22ClN3O3S3/c1-13(2)24-30(26,27)12-15-5-3-14(4-6-15)10-22-19(25)9-16-11-28-20(23-16)17-7-8-18(21)29-17/h3-8,11,13,24H,9-10,12H2,1-2H3,(H,22,25). The summed E-state index contributed by atoms with van der Waals surface area (Å²) < 4.78 is 27.3. The van der Waals surface area contributed by atoms with E-state index in [1.54, 1.807) is 26.0 Å². The lowest BCUT2D eigenvalue weighted by atomic mass is 10.1. The molecule has 160 valence electrons. The molecule has 0 aliphatic carbocycles. The molecule has 1 amide bonds. The van der Waals surface area contributed by atoms with Gasteiger partial charge in [-0.25, -0.2) is 18.1 Å². The number of nitrogens with zero attached hydrogens (tertiary/aromatic N) is 1. The van der Waals surface area contributed by atoms with Crippen LogP contribution in [0.3, 0.4) is 0 Å². The SMILES string of the molecule is CC(C)NS(=O)(=O)Cc1ccc(CNC(=O)Cc2csc(-c3ccc(Cl)s3)n2)cc1. The summed E-state index contributed by atoms with van der Waals surface area (Å²) >= 11 is 8.91. The van der Waals surface area contributed by atoms with E-state index in [1.807, 2.05) is 29.6 Å². The van der Waals surface area contributed by atoms with Gasteiger partial charge in [0.25, 0.3) is 0 Å². The monoisotopic (exact) mass is 483 g/mol. The Kier molecular flexibility index (Phi) is 7.65. The molecule has 6 nitrogen and oxygen atoms in total. The van der Waals surface area contributed by atoms with Gasteiger partial charge in [0.2, 0.25) is 15.9 Å². The maximum Gasteiger partial charge on any atom is 0.226 e. The summed E-state index contributed by atoms with van der Waals surface area (Å²) in [7, 11) is -3.36. The Morgan fingerprint density at radius 2 is 1.83 bits per heavy atom. The number of carbonyl (C=O) groups excluding carboxylic acids is 1. The molecule has 0 unspecified atom stereocenters. The molecule has 0 atom stereocenters. The number of nitrogens with one attached hydrogen (secondary N) is 2. The number of halogens is 1.